The number of pyridine rings is 1. The van der Waals surface area contributed by atoms with Crippen molar-refractivity contribution in [3.8, 4) is 0 Å². The first-order valence-corrected chi connectivity index (χ1v) is 10.3. The summed E-state index contributed by atoms with van der Waals surface area (Å²) < 4.78 is 1.95. The minimum atomic E-state index is 0. The molecule has 0 fully saturated rings. The van der Waals surface area contributed by atoms with Gasteiger partial charge in [0.2, 0.25) is 0 Å². The third-order valence-corrected chi connectivity index (χ3v) is 4.79. The Labute approximate surface area is 187 Å². The molecule has 0 unspecified atom stereocenters. The number of aliphatic imine (C=N–C) groups is 1. The molecule has 0 radical (unpaired) electrons. The molecule has 0 amide bonds. The lowest BCUT2D eigenvalue weighted by Gasteiger charge is -2.12. The lowest BCUT2D eigenvalue weighted by atomic mass is 10.2. The van der Waals surface area contributed by atoms with Gasteiger partial charge in [0.25, 0.3) is 0 Å². The summed E-state index contributed by atoms with van der Waals surface area (Å²) in [5.41, 5.74) is 1.13. The molecule has 0 aromatic carbocycles. The van der Waals surface area contributed by atoms with Crippen LogP contribution in [0.4, 0.5) is 0 Å². The maximum absolute atomic E-state index is 5.82. The van der Waals surface area contributed by atoms with E-state index in [1.54, 1.807) is 6.20 Å². The molecule has 150 valence electrons. The van der Waals surface area contributed by atoms with Gasteiger partial charge in [-0.2, -0.15) is 11.8 Å². The number of hydrogen-bond acceptors (Lipinski definition) is 5. The van der Waals surface area contributed by atoms with Crippen molar-refractivity contribution >= 4 is 53.3 Å². The molecule has 10 heteroatoms. The van der Waals surface area contributed by atoms with Crippen LogP contribution in [0.5, 0.6) is 0 Å². The molecule has 7 nitrogen and oxygen atoms in total. The van der Waals surface area contributed by atoms with Crippen LogP contribution in [0.2, 0.25) is 5.15 Å². The molecule has 2 heterocycles. The van der Waals surface area contributed by atoms with Crippen molar-refractivity contribution < 1.29 is 0 Å². The first-order chi connectivity index (χ1) is 12.6. The van der Waals surface area contributed by atoms with E-state index in [9.17, 15) is 0 Å². The van der Waals surface area contributed by atoms with E-state index in [4.69, 9.17) is 11.6 Å². The van der Waals surface area contributed by atoms with Crippen LogP contribution in [0.3, 0.4) is 0 Å². The normalized spacial score (nSPS) is 11.2. The first kappa shape index (κ1) is 24.0. The van der Waals surface area contributed by atoms with Crippen LogP contribution >= 0.6 is 47.3 Å². The second-order valence-electron chi connectivity index (χ2n) is 5.83. The Kier molecular flexibility index (Phi) is 11.7. The van der Waals surface area contributed by atoms with E-state index in [1.807, 2.05) is 42.4 Å². The average Bonchev–Trinajstić information content (AvgIpc) is 2.96. The van der Waals surface area contributed by atoms with Gasteiger partial charge < -0.3 is 15.2 Å². The summed E-state index contributed by atoms with van der Waals surface area (Å²) >= 11 is 7.67. The third kappa shape index (κ3) is 8.65. The molecule has 0 aliphatic heterocycles. The highest BCUT2D eigenvalue weighted by Crippen LogP contribution is 2.05. The highest BCUT2D eigenvalue weighted by molar-refractivity contribution is 14.0. The van der Waals surface area contributed by atoms with Crippen molar-refractivity contribution in [3.05, 3.63) is 40.7 Å². The van der Waals surface area contributed by atoms with E-state index < -0.39 is 0 Å². The summed E-state index contributed by atoms with van der Waals surface area (Å²) in [7, 11) is 1.95. The van der Waals surface area contributed by atoms with Gasteiger partial charge in [0.15, 0.2) is 11.8 Å². The summed E-state index contributed by atoms with van der Waals surface area (Å²) in [6.45, 7) is 4.06. The topological polar surface area (TPSA) is 80.0 Å². The van der Waals surface area contributed by atoms with Crippen molar-refractivity contribution in [2.75, 3.05) is 25.1 Å². The van der Waals surface area contributed by atoms with Gasteiger partial charge in [-0.3, -0.25) is 0 Å². The van der Waals surface area contributed by atoms with Gasteiger partial charge in [-0.05, 0) is 43.4 Å². The first-order valence-electron chi connectivity index (χ1n) is 8.56. The molecule has 0 saturated heterocycles. The molecule has 2 aromatic rings. The van der Waals surface area contributed by atoms with Gasteiger partial charge in [-0.25, -0.2) is 9.98 Å². The van der Waals surface area contributed by atoms with E-state index in [1.165, 1.54) is 0 Å². The standard InChI is InChI=1S/C17H26ClN7S.HI/c1-13-23-24-16(25(13)2)12-22-17(19-8-4-10-26-3)20-9-7-14-5-6-15(18)21-11-14;/h5-6,11H,4,7-10,12H2,1-3H3,(H2,19,20,22);1H. The largest absolute Gasteiger partial charge is 0.356 e. The Morgan fingerprint density at radius 2 is 2.04 bits per heavy atom. The fourth-order valence-electron chi connectivity index (χ4n) is 2.22. The number of guanidine groups is 1. The second kappa shape index (κ2) is 13.2. The van der Waals surface area contributed by atoms with E-state index in [0.717, 1.165) is 54.9 Å². The summed E-state index contributed by atoms with van der Waals surface area (Å²) in [5.74, 6) is 3.63. The Hall–Kier alpha value is -1.07. The number of rotatable bonds is 9. The number of hydrogen-bond donors (Lipinski definition) is 2. The minimum Gasteiger partial charge on any atom is -0.356 e. The van der Waals surface area contributed by atoms with Gasteiger partial charge >= 0.3 is 0 Å². The van der Waals surface area contributed by atoms with Crippen LogP contribution in [0.15, 0.2) is 23.3 Å². The summed E-state index contributed by atoms with van der Waals surface area (Å²) in [6.07, 6.45) is 5.85. The number of aromatic nitrogens is 4. The highest BCUT2D eigenvalue weighted by Gasteiger charge is 2.05. The van der Waals surface area contributed by atoms with E-state index in [-0.39, 0.29) is 24.0 Å². The van der Waals surface area contributed by atoms with Crippen LogP contribution in [0.1, 0.15) is 23.6 Å². The molecule has 0 saturated carbocycles. The smallest absolute Gasteiger partial charge is 0.191 e. The van der Waals surface area contributed by atoms with Crippen molar-refractivity contribution in [1.29, 1.82) is 0 Å². The number of nitrogens with one attached hydrogen (secondary N) is 2. The molecule has 0 spiro atoms. The molecule has 27 heavy (non-hydrogen) atoms. The van der Waals surface area contributed by atoms with E-state index in [2.05, 4.69) is 37.1 Å². The van der Waals surface area contributed by atoms with Gasteiger partial charge in [0, 0.05) is 26.3 Å². The lowest BCUT2D eigenvalue weighted by Crippen LogP contribution is -2.39. The number of nitrogens with zero attached hydrogens (tertiary/aromatic N) is 5. The zero-order valence-corrected chi connectivity index (χ0v) is 19.8. The molecule has 0 aliphatic rings. The molecular weight excluding hydrogens is 497 g/mol. The van der Waals surface area contributed by atoms with Crippen LogP contribution in [-0.4, -0.2) is 50.8 Å². The SMILES string of the molecule is CSCCCNC(=NCc1nnc(C)n1C)NCCc1ccc(Cl)nc1.I. The minimum absolute atomic E-state index is 0. The van der Waals surface area contributed by atoms with Crippen molar-refractivity contribution in [3.63, 3.8) is 0 Å². The maximum Gasteiger partial charge on any atom is 0.191 e. The Morgan fingerprint density at radius 1 is 1.26 bits per heavy atom. The van der Waals surface area contributed by atoms with Crippen LogP contribution in [0, 0.1) is 6.92 Å². The molecule has 2 aromatic heterocycles. The summed E-state index contributed by atoms with van der Waals surface area (Å²) in [5, 5.41) is 15.5. The summed E-state index contributed by atoms with van der Waals surface area (Å²) in [4.78, 5) is 8.75. The predicted octanol–water partition coefficient (Wildman–Crippen LogP) is 2.82. The molecule has 0 aliphatic carbocycles. The van der Waals surface area contributed by atoms with Crippen LogP contribution in [-0.2, 0) is 20.0 Å². The van der Waals surface area contributed by atoms with Crippen LogP contribution < -0.4 is 10.6 Å². The number of thioether (sulfide) groups is 1. The average molecular weight is 524 g/mol. The van der Waals surface area contributed by atoms with Crippen molar-refractivity contribution in [2.24, 2.45) is 12.0 Å². The quantitative estimate of drug-likeness (QED) is 0.173. The van der Waals surface area contributed by atoms with Gasteiger partial charge in [0.1, 0.15) is 17.5 Å². The van der Waals surface area contributed by atoms with Gasteiger partial charge in [-0.15, -0.1) is 34.2 Å². The van der Waals surface area contributed by atoms with Crippen molar-refractivity contribution in [2.45, 2.75) is 26.3 Å². The zero-order chi connectivity index (χ0) is 18.8. The zero-order valence-electron chi connectivity index (χ0n) is 15.9. The Bertz CT molecular complexity index is 706. The second-order valence-corrected chi connectivity index (χ2v) is 7.20. The Balaban J connectivity index is 0.00000364. The fraction of sp³-hybridized carbons (Fsp3) is 0.529. The summed E-state index contributed by atoms with van der Waals surface area (Å²) in [6, 6.07) is 3.80. The molecule has 2 N–H and O–H groups in total. The van der Waals surface area contributed by atoms with E-state index >= 15 is 0 Å². The lowest BCUT2D eigenvalue weighted by molar-refractivity contribution is 0.742. The molecule has 2 rings (SSSR count). The maximum atomic E-state index is 5.82. The molecular formula is C17H27ClIN7S. The predicted molar refractivity (Wildman–Crippen MR) is 124 cm³/mol. The van der Waals surface area contributed by atoms with Gasteiger partial charge in [0.05, 0.1) is 0 Å². The molecule has 0 atom stereocenters. The van der Waals surface area contributed by atoms with Gasteiger partial charge in [-0.1, -0.05) is 17.7 Å². The fourth-order valence-corrected chi connectivity index (χ4v) is 2.76. The number of aryl methyl sites for hydroxylation is 1. The number of halogens is 2. The third-order valence-electron chi connectivity index (χ3n) is 3.87. The Morgan fingerprint density at radius 3 is 2.67 bits per heavy atom. The van der Waals surface area contributed by atoms with Crippen molar-refractivity contribution in [1.82, 2.24) is 30.4 Å². The molecule has 0 bridgehead atoms. The monoisotopic (exact) mass is 523 g/mol. The highest BCUT2D eigenvalue weighted by atomic mass is 127. The van der Waals surface area contributed by atoms with Crippen LogP contribution in [0.25, 0.3) is 0 Å². The van der Waals surface area contributed by atoms with E-state index in [0.29, 0.717) is 11.7 Å².